The summed E-state index contributed by atoms with van der Waals surface area (Å²) in [6.45, 7) is 4.01. The van der Waals surface area contributed by atoms with Crippen molar-refractivity contribution in [3.63, 3.8) is 0 Å². The number of nitrogens with zero attached hydrogens (tertiary/aromatic N) is 5. The van der Waals surface area contributed by atoms with Crippen molar-refractivity contribution in [3.05, 3.63) is 69.4 Å². The lowest BCUT2D eigenvalue weighted by Gasteiger charge is -2.34. The summed E-state index contributed by atoms with van der Waals surface area (Å²) in [6, 6.07) is 2.89. The lowest BCUT2D eigenvalue weighted by molar-refractivity contribution is 0.0274. The lowest BCUT2D eigenvalue weighted by atomic mass is 10.2. The van der Waals surface area contributed by atoms with Crippen LogP contribution in [-0.4, -0.2) is 45.4 Å². The van der Waals surface area contributed by atoms with Gasteiger partial charge in [-0.05, 0) is 24.6 Å². The number of halogens is 3. The zero-order chi connectivity index (χ0) is 20.5. The molecule has 0 saturated carbocycles. The van der Waals surface area contributed by atoms with E-state index in [-0.39, 0.29) is 16.8 Å². The van der Waals surface area contributed by atoms with E-state index in [1.54, 1.807) is 10.9 Å². The highest BCUT2D eigenvalue weighted by atomic mass is 35.5. The van der Waals surface area contributed by atoms with Gasteiger partial charge < -0.3 is 9.64 Å². The minimum absolute atomic E-state index is 0.0840. The van der Waals surface area contributed by atoms with Crippen LogP contribution >= 0.6 is 11.6 Å². The Bertz CT molecular complexity index is 1100. The minimum atomic E-state index is -0.899. The van der Waals surface area contributed by atoms with Crippen molar-refractivity contribution >= 4 is 17.3 Å². The van der Waals surface area contributed by atoms with Crippen LogP contribution in [0.2, 0.25) is 5.02 Å². The van der Waals surface area contributed by atoms with Gasteiger partial charge in [0.1, 0.15) is 16.5 Å². The van der Waals surface area contributed by atoms with Crippen molar-refractivity contribution in [2.75, 3.05) is 24.6 Å². The molecule has 1 unspecified atom stereocenters. The molecule has 1 atom stereocenters. The number of aromatic nitrogens is 4. The van der Waals surface area contributed by atoms with E-state index in [1.807, 2.05) is 18.0 Å². The number of rotatable bonds is 4. The van der Waals surface area contributed by atoms with Crippen LogP contribution in [0.1, 0.15) is 5.56 Å². The molecule has 0 N–H and O–H groups in total. The predicted molar refractivity (Wildman–Crippen MR) is 104 cm³/mol. The van der Waals surface area contributed by atoms with E-state index in [9.17, 15) is 13.6 Å². The first kappa shape index (κ1) is 19.5. The molecule has 7 nitrogen and oxygen atoms in total. The van der Waals surface area contributed by atoms with Gasteiger partial charge in [-0.1, -0.05) is 11.6 Å². The number of aryl methyl sites for hydroxylation is 1. The summed E-state index contributed by atoms with van der Waals surface area (Å²) in [5, 5.41) is 8.22. The first-order valence-electron chi connectivity index (χ1n) is 9.01. The fourth-order valence-electron chi connectivity index (χ4n) is 3.29. The van der Waals surface area contributed by atoms with Crippen molar-refractivity contribution in [1.29, 1.82) is 0 Å². The Hall–Kier alpha value is -2.78. The average molecular weight is 422 g/mol. The zero-order valence-electron chi connectivity index (χ0n) is 15.6. The van der Waals surface area contributed by atoms with E-state index in [2.05, 4.69) is 10.2 Å². The van der Waals surface area contributed by atoms with Gasteiger partial charge in [-0.3, -0.25) is 9.48 Å². The Labute approximate surface area is 170 Å². The molecule has 1 aliphatic heterocycles. The normalized spacial score (nSPS) is 17.0. The molecule has 0 radical (unpaired) electrons. The maximum atomic E-state index is 14.0. The quantitative estimate of drug-likeness (QED) is 0.648. The van der Waals surface area contributed by atoms with Gasteiger partial charge in [0, 0.05) is 25.4 Å². The Morgan fingerprint density at radius 1 is 1.24 bits per heavy atom. The monoisotopic (exact) mass is 421 g/mol. The van der Waals surface area contributed by atoms with Gasteiger partial charge in [0.15, 0.2) is 5.82 Å². The van der Waals surface area contributed by atoms with E-state index in [1.165, 1.54) is 6.20 Å². The highest BCUT2D eigenvalue weighted by Crippen LogP contribution is 2.24. The summed E-state index contributed by atoms with van der Waals surface area (Å²) >= 11 is 6.31. The molecule has 152 valence electrons. The van der Waals surface area contributed by atoms with E-state index in [0.717, 1.165) is 22.4 Å². The second-order valence-corrected chi connectivity index (χ2v) is 7.21. The van der Waals surface area contributed by atoms with E-state index in [0.29, 0.717) is 38.0 Å². The van der Waals surface area contributed by atoms with Crippen LogP contribution in [-0.2, 0) is 11.3 Å². The van der Waals surface area contributed by atoms with Gasteiger partial charge in [-0.25, -0.2) is 8.78 Å². The second kappa shape index (κ2) is 7.92. The summed E-state index contributed by atoms with van der Waals surface area (Å²) in [7, 11) is 0. The van der Waals surface area contributed by atoms with Crippen LogP contribution in [0, 0.1) is 18.6 Å². The highest BCUT2D eigenvalue weighted by Gasteiger charge is 2.25. The second-order valence-electron chi connectivity index (χ2n) is 6.84. The molecule has 4 rings (SSSR count). The third-order valence-electron chi connectivity index (χ3n) is 4.67. The average Bonchev–Trinajstić information content (AvgIpc) is 3.09. The van der Waals surface area contributed by atoms with Crippen LogP contribution in [0.15, 0.2) is 41.6 Å². The topological polar surface area (TPSA) is 65.2 Å². The zero-order valence-corrected chi connectivity index (χ0v) is 16.3. The molecule has 29 heavy (non-hydrogen) atoms. The van der Waals surface area contributed by atoms with Crippen LogP contribution in [0.25, 0.3) is 5.69 Å². The molecule has 3 heterocycles. The standard InChI is InChI=1S/C19H18ClF2N5O2/c1-12-7-23-26(9-12)11-14-10-25(4-5-29-14)17-8-24-27(19(28)18(17)20)16-3-2-13(21)6-15(16)22/h2-3,6-9,14H,4-5,10-11H2,1H3. The number of benzene rings is 1. The van der Waals surface area contributed by atoms with Crippen molar-refractivity contribution in [2.24, 2.45) is 0 Å². The number of hydrogen-bond acceptors (Lipinski definition) is 5. The molecule has 0 aliphatic carbocycles. The van der Waals surface area contributed by atoms with Gasteiger partial charge in [0.2, 0.25) is 0 Å². The maximum Gasteiger partial charge on any atom is 0.292 e. The molecular weight excluding hydrogens is 404 g/mol. The molecule has 1 aromatic carbocycles. The van der Waals surface area contributed by atoms with Gasteiger partial charge in [-0.2, -0.15) is 14.9 Å². The molecule has 2 aromatic heterocycles. The number of ether oxygens (including phenoxy) is 1. The fourth-order valence-corrected chi connectivity index (χ4v) is 3.54. The molecule has 0 bridgehead atoms. The summed E-state index contributed by atoms with van der Waals surface area (Å²) < 4.78 is 35.6. The summed E-state index contributed by atoms with van der Waals surface area (Å²) in [4.78, 5) is 14.6. The van der Waals surface area contributed by atoms with Gasteiger partial charge in [0.25, 0.3) is 5.56 Å². The van der Waals surface area contributed by atoms with Crippen molar-refractivity contribution in [2.45, 2.75) is 19.6 Å². The van der Waals surface area contributed by atoms with Crippen molar-refractivity contribution in [3.8, 4) is 5.69 Å². The lowest BCUT2D eigenvalue weighted by Crippen LogP contribution is -2.45. The van der Waals surface area contributed by atoms with Crippen molar-refractivity contribution < 1.29 is 13.5 Å². The SMILES string of the molecule is Cc1cnn(CC2CN(c3cnn(-c4ccc(F)cc4F)c(=O)c3Cl)CCO2)c1. The van der Waals surface area contributed by atoms with Crippen LogP contribution < -0.4 is 10.5 Å². The molecule has 3 aromatic rings. The predicted octanol–water partition coefficient (Wildman–Crippen LogP) is 2.57. The summed E-state index contributed by atoms with van der Waals surface area (Å²) in [5.41, 5.74) is 0.654. The Morgan fingerprint density at radius 3 is 2.79 bits per heavy atom. The fraction of sp³-hybridized carbons (Fsp3) is 0.316. The number of anilines is 1. The number of hydrogen-bond donors (Lipinski definition) is 0. The van der Waals surface area contributed by atoms with E-state index >= 15 is 0 Å². The van der Waals surface area contributed by atoms with Crippen LogP contribution in [0.4, 0.5) is 14.5 Å². The maximum absolute atomic E-state index is 14.0. The smallest absolute Gasteiger partial charge is 0.292 e. The summed E-state index contributed by atoms with van der Waals surface area (Å²) in [6.07, 6.45) is 4.97. The number of morpholine rings is 1. The first-order valence-corrected chi connectivity index (χ1v) is 9.39. The largest absolute Gasteiger partial charge is 0.373 e. The van der Waals surface area contributed by atoms with Gasteiger partial charge in [-0.15, -0.1) is 0 Å². The van der Waals surface area contributed by atoms with E-state index < -0.39 is 17.2 Å². The van der Waals surface area contributed by atoms with Crippen LogP contribution in [0.5, 0.6) is 0 Å². The molecule has 1 aliphatic rings. The highest BCUT2D eigenvalue weighted by molar-refractivity contribution is 6.33. The van der Waals surface area contributed by atoms with Gasteiger partial charge >= 0.3 is 0 Å². The Kier molecular flexibility index (Phi) is 5.33. The molecule has 0 spiro atoms. The summed E-state index contributed by atoms with van der Waals surface area (Å²) in [5.74, 6) is -1.64. The molecule has 10 heteroatoms. The molecule has 1 saturated heterocycles. The van der Waals surface area contributed by atoms with Gasteiger partial charge in [0.05, 0.1) is 37.3 Å². The minimum Gasteiger partial charge on any atom is -0.373 e. The van der Waals surface area contributed by atoms with Crippen molar-refractivity contribution in [1.82, 2.24) is 19.6 Å². The first-order chi connectivity index (χ1) is 13.9. The third-order valence-corrected chi connectivity index (χ3v) is 5.03. The Morgan fingerprint density at radius 2 is 2.07 bits per heavy atom. The molecule has 0 amide bonds. The Balaban J connectivity index is 1.58. The molecule has 1 fully saturated rings. The van der Waals surface area contributed by atoms with Crippen LogP contribution in [0.3, 0.4) is 0 Å². The van der Waals surface area contributed by atoms with E-state index in [4.69, 9.17) is 16.3 Å². The third kappa shape index (κ3) is 4.01. The molecular formula is C19H18ClF2N5O2.